The van der Waals surface area contributed by atoms with Crippen molar-refractivity contribution in [3.63, 3.8) is 0 Å². The van der Waals surface area contributed by atoms with Crippen molar-refractivity contribution in [1.82, 2.24) is 10.2 Å². The zero-order valence-corrected chi connectivity index (χ0v) is 15.0. The molecule has 1 aromatic carbocycles. The van der Waals surface area contributed by atoms with Gasteiger partial charge >= 0.3 is 5.97 Å². The lowest BCUT2D eigenvalue weighted by Crippen LogP contribution is -2.45. The van der Waals surface area contributed by atoms with Crippen molar-refractivity contribution < 1.29 is 19.1 Å². The van der Waals surface area contributed by atoms with Gasteiger partial charge in [0, 0.05) is 19.5 Å². The van der Waals surface area contributed by atoms with Crippen molar-refractivity contribution in [2.45, 2.75) is 39.3 Å². The zero-order chi connectivity index (χ0) is 18.4. The molecular formula is C19H26N2O4. The molecule has 1 aliphatic rings. The van der Waals surface area contributed by atoms with Crippen LogP contribution in [-0.2, 0) is 25.7 Å². The van der Waals surface area contributed by atoms with Crippen LogP contribution in [0.4, 0.5) is 0 Å². The third-order valence-electron chi connectivity index (χ3n) is 4.31. The number of rotatable bonds is 7. The highest BCUT2D eigenvalue weighted by molar-refractivity contribution is 5.91. The van der Waals surface area contributed by atoms with Gasteiger partial charge in [-0.2, -0.15) is 0 Å². The molecule has 25 heavy (non-hydrogen) atoms. The molecule has 2 amide bonds. The maximum Gasteiger partial charge on any atom is 0.328 e. The van der Waals surface area contributed by atoms with Gasteiger partial charge in [-0.15, -0.1) is 0 Å². The molecule has 136 valence electrons. The highest BCUT2D eigenvalue weighted by Crippen LogP contribution is 2.21. The fourth-order valence-electron chi connectivity index (χ4n) is 3.02. The Morgan fingerprint density at radius 3 is 2.56 bits per heavy atom. The van der Waals surface area contributed by atoms with Gasteiger partial charge in [0.25, 0.3) is 0 Å². The SMILES string of the molecule is COC(=O)[C@@H](CC(C)C)NC(=O)[C@H]1CC(=O)N(Cc2ccccc2)C1. The molecule has 1 aromatic rings. The number of carbonyl (C=O) groups is 3. The van der Waals surface area contributed by atoms with E-state index in [1.807, 2.05) is 44.2 Å². The van der Waals surface area contributed by atoms with Crippen LogP contribution in [0, 0.1) is 11.8 Å². The first-order valence-corrected chi connectivity index (χ1v) is 8.60. The van der Waals surface area contributed by atoms with Crippen LogP contribution in [0.15, 0.2) is 30.3 Å². The number of nitrogens with zero attached hydrogens (tertiary/aromatic N) is 1. The van der Waals surface area contributed by atoms with E-state index in [4.69, 9.17) is 4.74 Å². The molecule has 2 atom stereocenters. The van der Waals surface area contributed by atoms with Crippen LogP contribution in [0.5, 0.6) is 0 Å². The molecule has 1 N–H and O–H groups in total. The maximum atomic E-state index is 12.5. The molecule has 0 radical (unpaired) electrons. The molecule has 0 bridgehead atoms. The predicted octanol–water partition coefficient (Wildman–Crippen LogP) is 1.74. The Bertz CT molecular complexity index is 615. The predicted molar refractivity (Wildman–Crippen MR) is 93.4 cm³/mol. The Balaban J connectivity index is 1.95. The van der Waals surface area contributed by atoms with E-state index < -0.39 is 17.9 Å². The van der Waals surface area contributed by atoms with Crippen LogP contribution < -0.4 is 5.32 Å². The normalized spacial score (nSPS) is 18.3. The monoisotopic (exact) mass is 346 g/mol. The second-order valence-corrected chi connectivity index (χ2v) is 6.87. The quantitative estimate of drug-likeness (QED) is 0.763. The molecule has 0 spiro atoms. The van der Waals surface area contributed by atoms with Crippen LogP contribution in [0.1, 0.15) is 32.3 Å². The molecule has 1 heterocycles. The number of amides is 2. The van der Waals surface area contributed by atoms with Crippen LogP contribution >= 0.6 is 0 Å². The van der Waals surface area contributed by atoms with Gasteiger partial charge < -0.3 is 15.0 Å². The van der Waals surface area contributed by atoms with Crippen molar-refractivity contribution in [1.29, 1.82) is 0 Å². The summed E-state index contributed by atoms with van der Waals surface area (Å²) in [5.74, 6) is -0.949. The van der Waals surface area contributed by atoms with Gasteiger partial charge in [0.1, 0.15) is 6.04 Å². The van der Waals surface area contributed by atoms with Gasteiger partial charge in [0.2, 0.25) is 11.8 Å². The molecule has 1 aliphatic heterocycles. The Hall–Kier alpha value is -2.37. The van der Waals surface area contributed by atoms with Crippen LogP contribution in [-0.4, -0.2) is 42.4 Å². The third kappa shape index (κ3) is 5.31. The summed E-state index contributed by atoms with van der Waals surface area (Å²) >= 11 is 0. The van der Waals surface area contributed by atoms with Crippen LogP contribution in [0.25, 0.3) is 0 Å². The number of methoxy groups -OCH3 is 1. The number of nitrogens with one attached hydrogen (secondary N) is 1. The number of esters is 1. The number of hydrogen-bond donors (Lipinski definition) is 1. The van der Waals surface area contributed by atoms with Crippen molar-refractivity contribution in [3.8, 4) is 0 Å². The van der Waals surface area contributed by atoms with Crippen molar-refractivity contribution in [3.05, 3.63) is 35.9 Å². The summed E-state index contributed by atoms with van der Waals surface area (Å²) in [6.45, 7) is 4.82. The Kier molecular flexibility index (Phi) is 6.56. The molecule has 6 nitrogen and oxygen atoms in total. The highest BCUT2D eigenvalue weighted by Gasteiger charge is 2.36. The van der Waals surface area contributed by atoms with Gasteiger partial charge in [-0.3, -0.25) is 9.59 Å². The minimum atomic E-state index is -0.671. The average Bonchev–Trinajstić information content (AvgIpc) is 2.95. The minimum Gasteiger partial charge on any atom is -0.467 e. The summed E-state index contributed by atoms with van der Waals surface area (Å²) in [5.41, 5.74) is 1.03. The lowest BCUT2D eigenvalue weighted by Gasteiger charge is -2.20. The summed E-state index contributed by atoms with van der Waals surface area (Å²) in [6.07, 6.45) is 0.682. The van der Waals surface area contributed by atoms with E-state index in [0.717, 1.165) is 5.56 Å². The van der Waals surface area contributed by atoms with Gasteiger partial charge in [-0.25, -0.2) is 4.79 Å². The maximum absolute atomic E-state index is 12.5. The fourth-order valence-corrected chi connectivity index (χ4v) is 3.02. The molecule has 1 saturated heterocycles. The molecule has 2 rings (SSSR count). The van der Waals surface area contributed by atoms with E-state index in [1.165, 1.54) is 7.11 Å². The van der Waals surface area contributed by atoms with E-state index >= 15 is 0 Å². The molecule has 0 saturated carbocycles. The number of ether oxygens (including phenoxy) is 1. The summed E-state index contributed by atoms with van der Waals surface area (Å²) in [5, 5.41) is 2.75. The summed E-state index contributed by atoms with van der Waals surface area (Å²) in [6, 6.07) is 9.01. The van der Waals surface area contributed by atoms with Gasteiger partial charge in [-0.05, 0) is 17.9 Å². The summed E-state index contributed by atoms with van der Waals surface area (Å²) in [4.78, 5) is 38.2. The van der Waals surface area contributed by atoms with Gasteiger partial charge in [0.05, 0.1) is 13.0 Å². The molecule has 1 fully saturated rings. The van der Waals surface area contributed by atoms with Crippen molar-refractivity contribution >= 4 is 17.8 Å². The van der Waals surface area contributed by atoms with Crippen LogP contribution in [0.3, 0.4) is 0 Å². The standard InChI is InChI=1S/C19H26N2O4/c1-13(2)9-16(19(24)25-3)20-18(23)15-10-17(22)21(12-15)11-14-7-5-4-6-8-14/h4-8,13,15-16H,9-12H2,1-3H3,(H,20,23)/t15-,16+/m0/s1. The van der Waals surface area contributed by atoms with E-state index in [9.17, 15) is 14.4 Å². The van der Waals surface area contributed by atoms with E-state index in [2.05, 4.69) is 5.32 Å². The Morgan fingerprint density at radius 2 is 1.96 bits per heavy atom. The third-order valence-corrected chi connectivity index (χ3v) is 4.31. The van der Waals surface area contributed by atoms with Gasteiger partial charge in [-0.1, -0.05) is 44.2 Å². The molecule has 6 heteroatoms. The average molecular weight is 346 g/mol. The number of hydrogen-bond acceptors (Lipinski definition) is 4. The first-order valence-electron chi connectivity index (χ1n) is 8.60. The molecular weight excluding hydrogens is 320 g/mol. The second kappa shape index (κ2) is 8.65. The van der Waals surface area contributed by atoms with Crippen molar-refractivity contribution in [2.24, 2.45) is 11.8 Å². The topological polar surface area (TPSA) is 75.7 Å². The summed E-state index contributed by atoms with van der Waals surface area (Å²) in [7, 11) is 1.31. The molecule has 0 aliphatic carbocycles. The Morgan fingerprint density at radius 1 is 1.28 bits per heavy atom. The number of likely N-dealkylation sites (tertiary alicyclic amines) is 1. The van der Waals surface area contributed by atoms with Crippen molar-refractivity contribution in [2.75, 3.05) is 13.7 Å². The lowest BCUT2D eigenvalue weighted by atomic mass is 10.0. The van der Waals surface area contributed by atoms with Crippen LogP contribution in [0.2, 0.25) is 0 Å². The minimum absolute atomic E-state index is 0.0394. The highest BCUT2D eigenvalue weighted by atomic mass is 16.5. The molecule has 0 aromatic heterocycles. The Labute approximate surface area is 148 Å². The smallest absolute Gasteiger partial charge is 0.328 e. The summed E-state index contributed by atoms with van der Waals surface area (Å²) < 4.78 is 4.77. The first kappa shape index (κ1) is 19.0. The second-order valence-electron chi connectivity index (χ2n) is 6.87. The zero-order valence-electron chi connectivity index (χ0n) is 15.0. The van der Waals surface area contributed by atoms with E-state index in [0.29, 0.717) is 19.5 Å². The fraction of sp³-hybridized carbons (Fsp3) is 0.526. The van der Waals surface area contributed by atoms with E-state index in [-0.39, 0.29) is 24.2 Å². The van der Waals surface area contributed by atoms with E-state index in [1.54, 1.807) is 4.90 Å². The number of benzene rings is 1. The largest absolute Gasteiger partial charge is 0.467 e. The first-order chi connectivity index (χ1) is 11.9. The number of carbonyl (C=O) groups excluding carboxylic acids is 3. The van der Waals surface area contributed by atoms with Gasteiger partial charge in [0.15, 0.2) is 0 Å². The lowest BCUT2D eigenvalue weighted by molar-refractivity contribution is -0.146. The molecule has 0 unspecified atom stereocenters.